The van der Waals surface area contributed by atoms with Crippen molar-refractivity contribution in [1.29, 1.82) is 0 Å². The van der Waals surface area contributed by atoms with Crippen molar-refractivity contribution in [3.05, 3.63) is 28.8 Å². The molecular weight excluding hydrogens is 274 g/mol. The van der Waals surface area contributed by atoms with Crippen LogP contribution in [0.1, 0.15) is 18.0 Å². The van der Waals surface area contributed by atoms with E-state index in [1.54, 1.807) is 7.11 Å². The van der Waals surface area contributed by atoms with Crippen LogP contribution in [0.15, 0.2) is 18.2 Å². The molecule has 2 atom stereocenters. The zero-order valence-corrected chi connectivity index (χ0v) is 13.2. The van der Waals surface area contributed by atoms with Gasteiger partial charge in [0.25, 0.3) is 0 Å². The lowest BCUT2D eigenvalue weighted by Crippen LogP contribution is -2.36. The summed E-state index contributed by atoms with van der Waals surface area (Å²) in [7, 11) is 5.93. The Morgan fingerprint density at radius 3 is 2.80 bits per heavy atom. The van der Waals surface area contributed by atoms with Gasteiger partial charge < -0.3 is 15.4 Å². The molecule has 1 aromatic carbocycles. The van der Waals surface area contributed by atoms with Crippen LogP contribution in [0, 0.1) is 0 Å². The highest BCUT2D eigenvalue weighted by Gasteiger charge is 2.31. The van der Waals surface area contributed by atoms with Crippen LogP contribution in [0.5, 0.6) is 5.75 Å². The van der Waals surface area contributed by atoms with Gasteiger partial charge in [0.15, 0.2) is 0 Å². The van der Waals surface area contributed by atoms with Gasteiger partial charge in [-0.15, -0.1) is 0 Å². The van der Waals surface area contributed by atoms with Crippen LogP contribution in [0.4, 0.5) is 0 Å². The Morgan fingerprint density at radius 1 is 1.50 bits per heavy atom. The molecule has 1 aliphatic heterocycles. The first-order chi connectivity index (χ1) is 9.58. The van der Waals surface area contributed by atoms with E-state index in [1.807, 2.05) is 18.2 Å². The summed E-state index contributed by atoms with van der Waals surface area (Å²) in [5.74, 6) is 0.821. The van der Waals surface area contributed by atoms with E-state index in [4.69, 9.17) is 22.1 Å². The van der Waals surface area contributed by atoms with Gasteiger partial charge in [0.05, 0.1) is 13.2 Å². The minimum atomic E-state index is 0.114. The van der Waals surface area contributed by atoms with Crippen LogP contribution >= 0.6 is 11.6 Å². The molecule has 112 valence electrons. The quantitative estimate of drug-likeness (QED) is 0.902. The Balaban J connectivity index is 2.25. The predicted molar refractivity (Wildman–Crippen MR) is 83.5 cm³/mol. The molecular formula is C15H24ClN3O. The first-order valence-electron chi connectivity index (χ1n) is 7.01. The van der Waals surface area contributed by atoms with E-state index in [0.717, 1.165) is 35.8 Å². The SMILES string of the molecule is COc1cccc(Cl)c1C(CN)N1CCC(N(C)C)C1. The summed E-state index contributed by atoms with van der Waals surface area (Å²) in [5, 5.41) is 0.730. The molecule has 0 aliphatic carbocycles. The van der Waals surface area contributed by atoms with E-state index in [0.29, 0.717) is 12.6 Å². The molecule has 0 saturated carbocycles. The van der Waals surface area contributed by atoms with Crippen LogP contribution in [0.2, 0.25) is 5.02 Å². The Kier molecular flexibility index (Phi) is 5.27. The van der Waals surface area contributed by atoms with Crippen molar-refractivity contribution >= 4 is 11.6 Å². The molecule has 0 bridgehead atoms. The zero-order chi connectivity index (χ0) is 14.7. The van der Waals surface area contributed by atoms with Gasteiger partial charge >= 0.3 is 0 Å². The summed E-state index contributed by atoms with van der Waals surface area (Å²) in [4.78, 5) is 4.69. The molecule has 1 heterocycles. The van der Waals surface area contributed by atoms with Crippen molar-refractivity contribution in [3.8, 4) is 5.75 Å². The van der Waals surface area contributed by atoms with Crippen LogP contribution in [-0.2, 0) is 0 Å². The number of hydrogen-bond acceptors (Lipinski definition) is 4. The molecule has 0 radical (unpaired) electrons. The maximum Gasteiger partial charge on any atom is 0.125 e. The summed E-state index contributed by atoms with van der Waals surface area (Å²) in [6.07, 6.45) is 1.16. The van der Waals surface area contributed by atoms with Crippen LogP contribution in [0.25, 0.3) is 0 Å². The third kappa shape index (κ3) is 3.09. The number of likely N-dealkylation sites (tertiary alicyclic amines) is 1. The molecule has 1 aliphatic rings. The second-order valence-corrected chi connectivity index (χ2v) is 5.92. The maximum atomic E-state index is 6.39. The fraction of sp³-hybridized carbons (Fsp3) is 0.600. The number of hydrogen-bond donors (Lipinski definition) is 1. The smallest absolute Gasteiger partial charge is 0.125 e. The summed E-state index contributed by atoms with van der Waals surface area (Å²) in [5.41, 5.74) is 7.04. The third-order valence-corrected chi connectivity index (χ3v) is 4.48. The highest BCUT2D eigenvalue weighted by atomic mass is 35.5. The van der Waals surface area contributed by atoms with Crippen molar-refractivity contribution in [1.82, 2.24) is 9.80 Å². The van der Waals surface area contributed by atoms with Crippen molar-refractivity contribution in [3.63, 3.8) is 0 Å². The Bertz CT molecular complexity index is 453. The van der Waals surface area contributed by atoms with E-state index in [-0.39, 0.29) is 6.04 Å². The number of ether oxygens (including phenoxy) is 1. The lowest BCUT2D eigenvalue weighted by Gasteiger charge is -2.29. The van der Waals surface area contributed by atoms with Gasteiger partial charge in [-0.2, -0.15) is 0 Å². The molecule has 0 spiro atoms. The fourth-order valence-corrected chi connectivity index (χ4v) is 3.23. The van der Waals surface area contributed by atoms with E-state index in [2.05, 4.69) is 23.9 Å². The normalized spacial score (nSPS) is 21.4. The van der Waals surface area contributed by atoms with Gasteiger partial charge in [-0.1, -0.05) is 17.7 Å². The summed E-state index contributed by atoms with van der Waals surface area (Å²) >= 11 is 6.39. The summed E-state index contributed by atoms with van der Waals surface area (Å²) in [6, 6.07) is 6.46. The van der Waals surface area contributed by atoms with Gasteiger partial charge in [0.1, 0.15) is 5.75 Å². The van der Waals surface area contributed by atoms with Crippen molar-refractivity contribution in [2.75, 3.05) is 40.8 Å². The average Bonchev–Trinajstić information content (AvgIpc) is 2.91. The van der Waals surface area contributed by atoms with Crippen LogP contribution < -0.4 is 10.5 Å². The van der Waals surface area contributed by atoms with E-state index >= 15 is 0 Å². The number of benzene rings is 1. The Morgan fingerprint density at radius 2 is 2.25 bits per heavy atom. The standard InChI is InChI=1S/C15H24ClN3O/c1-18(2)11-7-8-19(10-11)13(9-17)15-12(16)5-4-6-14(15)20-3/h4-6,11,13H,7-10,17H2,1-3H3. The number of rotatable bonds is 5. The van der Waals surface area contributed by atoms with Gasteiger partial charge in [0.2, 0.25) is 0 Å². The molecule has 20 heavy (non-hydrogen) atoms. The Hall–Kier alpha value is -0.810. The van der Waals surface area contributed by atoms with Crippen LogP contribution in [0.3, 0.4) is 0 Å². The number of likely N-dealkylation sites (N-methyl/N-ethyl adjacent to an activating group) is 1. The van der Waals surface area contributed by atoms with Gasteiger partial charge in [0, 0.05) is 36.3 Å². The Labute approximate surface area is 126 Å². The number of methoxy groups -OCH3 is 1. The molecule has 4 nitrogen and oxygen atoms in total. The molecule has 2 N–H and O–H groups in total. The molecule has 0 amide bonds. The molecule has 5 heteroatoms. The second-order valence-electron chi connectivity index (χ2n) is 5.51. The molecule has 0 aromatic heterocycles. The molecule has 1 fully saturated rings. The molecule has 1 saturated heterocycles. The van der Waals surface area contributed by atoms with Gasteiger partial charge in [-0.05, 0) is 32.6 Å². The zero-order valence-electron chi connectivity index (χ0n) is 12.5. The molecule has 1 aromatic rings. The molecule has 2 rings (SSSR count). The second kappa shape index (κ2) is 6.76. The van der Waals surface area contributed by atoms with Crippen LogP contribution in [-0.4, -0.2) is 56.7 Å². The van der Waals surface area contributed by atoms with E-state index < -0.39 is 0 Å². The van der Waals surface area contributed by atoms with Crippen molar-refractivity contribution < 1.29 is 4.74 Å². The summed E-state index contributed by atoms with van der Waals surface area (Å²) in [6.45, 7) is 2.60. The highest BCUT2D eigenvalue weighted by Crippen LogP contribution is 2.36. The minimum Gasteiger partial charge on any atom is -0.496 e. The lowest BCUT2D eigenvalue weighted by molar-refractivity contribution is 0.217. The number of halogens is 1. The minimum absolute atomic E-state index is 0.114. The van der Waals surface area contributed by atoms with Crippen molar-refractivity contribution in [2.24, 2.45) is 5.73 Å². The molecule has 2 unspecified atom stereocenters. The van der Waals surface area contributed by atoms with Gasteiger partial charge in [-0.3, -0.25) is 4.90 Å². The van der Waals surface area contributed by atoms with E-state index in [1.165, 1.54) is 0 Å². The monoisotopic (exact) mass is 297 g/mol. The first kappa shape index (κ1) is 15.6. The topological polar surface area (TPSA) is 41.7 Å². The number of nitrogens with zero attached hydrogens (tertiary/aromatic N) is 2. The predicted octanol–water partition coefficient (Wildman–Crippen LogP) is 1.98. The third-order valence-electron chi connectivity index (χ3n) is 4.16. The largest absolute Gasteiger partial charge is 0.496 e. The average molecular weight is 298 g/mol. The van der Waals surface area contributed by atoms with Crippen molar-refractivity contribution in [2.45, 2.75) is 18.5 Å². The fourth-order valence-electron chi connectivity index (χ4n) is 2.94. The van der Waals surface area contributed by atoms with Gasteiger partial charge in [-0.25, -0.2) is 0 Å². The van der Waals surface area contributed by atoms with E-state index in [9.17, 15) is 0 Å². The number of nitrogens with two attached hydrogens (primary N) is 1. The lowest BCUT2D eigenvalue weighted by atomic mass is 10.0. The first-order valence-corrected chi connectivity index (χ1v) is 7.39. The maximum absolute atomic E-state index is 6.39. The highest BCUT2D eigenvalue weighted by molar-refractivity contribution is 6.31. The summed E-state index contributed by atoms with van der Waals surface area (Å²) < 4.78 is 5.47.